The largest absolute Gasteiger partial charge is 0.633 e. The second-order valence-electron chi connectivity index (χ2n) is 10.2. The fourth-order valence-electron chi connectivity index (χ4n) is 5.28. The second-order valence-corrected chi connectivity index (χ2v) is 12.1. The molecule has 3 heterocycles. The van der Waals surface area contributed by atoms with Crippen molar-refractivity contribution >= 4 is 32.8 Å². The van der Waals surface area contributed by atoms with Crippen molar-refractivity contribution in [2.75, 3.05) is 39.0 Å². The average molecular weight is 545 g/mol. The molecule has 3 aromatic carbocycles. The minimum atomic E-state index is -3.86. The van der Waals surface area contributed by atoms with Crippen molar-refractivity contribution < 1.29 is 17.9 Å². The fraction of sp³-hybridized carbons (Fsp3) is 0.250. The molecule has 1 aromatic heterocycles. The summed E-state index contributed by atoms with van der Waals surface area (Å²) in [6.45, 7) is 1.64. The Balaban J connectivity index is 1.40. The van der Waals surface area contributed by atoms with E-state index in [9.17, 15) is 18.4 Å². The molecule has 10 nitrogen and oxygen atoms in total. The topological polar surface area (TPSA) is 133 Å². The van der Waals surface area contributed by atoms with E-state index in [1.807, 2.05) is 24.3 Å². The standard InChI is InChI=1S/C28H28N6O4S/c1-34(36)14-12-33(13-15-34)39(37,38)25-9-5-4-8-22(25)19-10-11-24-23(16-19)26(31-28(29)30-24)27(35)32-17-20-6-2-3-7-21(20)18-32/h2-11,16H,12-15,17-18H2,1H3,(H2,29,30,31). The van der Waals surface area contributed by atoms with Gasteiger partial charge in [-0.3, -0.25) is 4.79 Å². The highest BCUT2D eigenvalue weighted by molar-refractivity contribution is 7.89. The predicted octanol–water partition coefficient (Wildman–Crippen LogP) is 2.98. The molecule has 2 aliphatic heterocycles. The molecule has 39 heavy (non-hydrogen) atoms. The van der Waals surface area contributed by atoms with Crippen LogP contribution in [0.1, 0.15) is 21.6 Å². The quantitative estimate of drug-likeness (QED) is 0.308. The number of nitrogen functional groups attached to an aromatic ring is 1. The molecule has 0 aliphatic carbocycles. The number of piperazine rings is 1. The van der Waals surface area contributed by atoms with Crippen LogP contribution in [0.5, 0.6) is 0 Å². The molecule has 2 N–H and O–H groups in total. The first-order chi connectivity index (χ1) is 18.6. The Morgan fingerprint density at radius 3 is 2.28 bits per heavy atom. The Labute approximate surface area is 226 Å². The molecule has 1 amide bonds. The van der Waals surface area contributed by atoms with Crippen molar-refractivity contribution in [2.45, 2.75) is 18.0 Å². The SMILES string of the molecule is C[N+]1([O-])CCN(S(=O)(=O)c2ccccc2-c2ccc3nc(N)nc(C(=O)N4Cc5ccccc5C4)c3c2)CC1. The van der Waals surface area contributed by atoms with Crippen LogP contribution < -0.4 is 5.73 Å². The van der Waals surface area contributed by atoms with Gasteiger partial charge in [-0.1, -0.05) is 48.5 Å². The van der Waals surface area contributed by atoms with Gasteiger partial charge in [-0.05, 0) is 34.9 Å². The number of rotatable bonds is 4. The lowest BCUT2D eigenvalue weighted by molar-refractivity contribution is -0.864. The lowest BCUT2D eigenvalue weighted by atomic mass is 10.0. The maximum Gasteiger partial charge on any atom is 0.273 e. The monoisotopic (exact) mass is 544 g/mol. The van der Waals surface area contributed by atoms with Crippen LogP contribution in [0.4, 0.5) is 5.95 Å². The number of nitrogens with two attached hydrogens (primary N) is 1. The van der Waals surface area contributed by atoms with Crippen LogP contribution in [0.25, 0.3) is 22.0 Å². The second kappa shape index (κ2) is 9.38. The number of hydrogen-bond donors (Lipinski definition) is 1. The molecule has 1 saturated heterocycles. The van der Waals surface area contributed by atoms with Crippen molar-refractivity contribution in [3.63, 3.8) is 0 Å². The Morgan fingerprint density at radius 1 is 0.949 bits per heavy atom. The summed E-state index contributed by atoms with van der Waals surface area (Å²) in [5.41, 5.74) is 9.93. The van der Waals surface area contributed by atoms with Crippen molar-refractivity contribution in [2.24, 2.45) is 0 Å². The van der Waals surface area contributed by atoms with Crippen LogP contribution in [-0.4, -0.2) is 71.4 Å². The maximum absolute atomic E-state index is 13.7. The van der Waals surface area contributed by atoms with Gasteiger partial charge in [0.15, 0.2) is 0 Å². The van der Waals surface area contributed by atoms with E-state index in [2.05, 4.69) is 9.97 Å². The predicted molar refractivity (Wildman–Crippen MR) is 147 cm³/mol. The minimum Gasteiger partial charge on any atom is -0.633 e. The van der Waals surface area contributed by atoms with Crippen LogP contribution >= 0.6 is 0 Å². The number of carbonyl (C=O) groups excluding carboxylic acids is 1. The van der Waals surface area contributed by atoms with E-state index in [0.29, 0.717) is 35.1 Å². The summed E-state index contributed by atoms with van der Waals surface area (Å²) < 4.78 is 28.3. The van der Waals surface area contributed by atoms with Crippen molar-refractivity contribution in [3.8, 4) is 11.1 Å². The van der Waals surface area contributed by atoms with Crippen LogP contribution in [0.15, 0.2) is 71.6 Å². The van der Waals surface area contributed by atoms with Gasteiger partial charge in [-0.15, -0.1) is 0 Å². The van der Waals surface area contributed by atoms with Gasteiger partial charge in [0.05, 0.1) is 43.6 Å². The molecular formula is C28H28N6O4S. The smallest absolute Gasteiger partial charge is 0.273 e. The third-order valence-electron chi connectivity index (χ3n) is 7.50. The summed E-state index contributed by atoms with van der Waals surface area (Å²) >= 11 is 0. The number of aromatic nitrogens is 2. The number of hydrogen-bond acceptors (Lipinski definition) is 7. The number of quaternary nitrogens is 1. The third-order valence-corrected chi connectivity index (χ3v) is 9.46. The van der Waals surface area contributed by atoms with Gasteiger partial charge < -0.3 is 20.5 Å². The number of carbonyl (C=O) groups is 1. The number of anilines is 1. The molecular weight excluding hydrogens is 516 g/mol. The highest BCUT2D eigenvalue weighted by atomic mass is 32.2. The van der Waals surface area contributed by atoms with Crippen molar-refractivity contribution in [1.82, 2.24) is 19.2 Å². The molecule has 1 fully saturated rings. The van der Waals surface area contributed by atoms with Crippen molar-refractivity contribution in [3.05, 3.63) is 88.8 Å². The lowest BCUT2D eigenvalue weighted by Gasteiger charge is -2.44. The molecule has 0 atom stereocenters. The number of nitrogens with zero attached hydrogens (tertiary/aromatic N) is 5. The van der Waals surface area contributed by atoms with Crippen molar-refractivity contribution in [1.29, 1.82) is 0 Å². The molecule has 200 valence electrons. The Hall–Kier alpha value is -3.90. The molecule has 0 bridgehead atoms. The average Bonchev–Trinajstić information content (AvgIpc) is 3.36. The van der Waals surface area contributed by atoms with E-state index in [0.717, 1.165) is 11.1 Å². The number of sulfonamides is 1. The van der Waals surface area contributed by atoms with E-state index < -0.39 is 14.7 Å². The first-order valence-corrected chi connectivity index (χ1v) is 14.1. The number of benzene rings is 3. The fourth-order valence-corrected chi connectivity index (χ4v) is 6.92. The molecule has 4 aromatic rings. The number of amides is 1. The van der Waals surface area contributed by atoms with E-state index in [1.165, 1.54) is 4.31 Å². The van der Waals surface area contributed by atoms with E-state index >= 15 is 0 Å². The highest BCUT2D eigenvalue weighted by Gasteiger charge is 2.33. The van der Waals surface area contributed by atoms with E-state index in [4.69, 9.17) is 5.73 Å². The zero-order valence-electron chi connectivity index (χ0n) is 21.4. The van der Waals surface area contributed by atoms with Gasteiger partial charge in [-0.2, -0.15) is 4.31 Å². The number of fused-ring (bicyclic) bond motifs is 2. The number of hydroxylamine groups is 3. The summed E-state index contributed by atoms with van der Waals surface area (Å²) in [4.78, 5) is 24.2. The molecule has 0 spiro atoms. The third kappa shape index (κ3) is 4.63. The van der Waals surface area contributed by atoms with E-state index in [-0.39, 0.29) is 48.6 Å². The van der Waals surface area contributed by atoms with Gasteiger partial charge >= 0.3 is 0 Å². The normalized spacial score (nSPS) is 17.3. The Morgan fingerprint density at radius 2 is 1.59 bits per heavy atom. The highest BCUT2D eigenvalue weighted by Crippen LogP contribution is 2.33. The maximum atomic E-state index is 13.7. The summed E-state index contributed by atoms with van der Waals surface area (Å²) in [5, 5.41) is 12.8. The molecule has 6 rings (SSSR count). The lowest BCUT2D eigenvalue weighted by Crippen LogP contribution is -2.55. The molecule has 11 heteroatoms. The summed E-state index contributed by atoms with van der Waals surface area (Å²) in [7, 11) is -2.31. The van der Waals surface area contributed by atoms with Gasteiger partial charge in [0.1, 0.15) is 5.69 Å². The summed E-state index contributed by atoms with van der Waals surface area (Å²) in [6.07, 6.45) is 0. The first-order valence-electron chi connectivity index (χ1n) is 12.7. The van der Waals surface area contributed by atoms with E-state index in [1.54, 1.807) is 54.4 Å². The molecule has 0 saturated carbocycles. The zero-order chi connectivity index (χ0) is 27.4. The van der Waals surface area contributed by atoms with Gasteiger partial charge in [-0.25, -0.2) is 18.4 Å². The zero-order valence-corrected chi connectivity index (χ0v) is 22.3. The summed E-state index contributed by atoms with van der Waals surface area (Å²) in [6, 6.07) is 19.9. The number of likely N-dealkylation sites (N-methyl/N-ethyl adjacent to an activating group) is 1. The Kier molecular flexibility index (Phi) is 6.11. The Bertz CT molecular complexity index is 1690. The molecule has 0 unspecified atom stereocenters. The molecule has 0 radical (unpaired) electrons. The summed E-state index contributed by atoms with van der Waals surface area (Å²) in [5.74, 6) is -0.275. The van der Waals surface area contributed by atoms with Gasteiger partial charge in [0.2, 0.25) is 16.0 Å². The van der Waals surface area contributed by atoms with Crippen LogP contribution in [0.3, 0.4) is 0 Å². The van der Waals surface area contributed by atoms with Gasteiger partial charge in [0.25, 0.3) is 5.91 Å². The first kappa shape index (κ1) is 25.4. The minimum absolute atomic E-state index is 0.00726. The van der Waals surface area contributed by atoms with Gasteiger partial charge in [0, 0.05) is 24.0 Å². The van der Waals surface area contributed by atoms with Crippen LogP contribution in [0.2, 0.25) is 0 Å². The molecule has 2 aliphatic rings. The van der Waals surface area contributed by atoms with Crippen LogP contribution in [-0.2, 0) is 23.1 Å². The van der Waals surface area contributed by atoms with Crippen LogP contribution in [0, 0.1) is 5.21 Å².